The van der Waals surface area contributed by atoms with Crippen molar-refractivity contribution in [3.05, 3.63) is 58.4 Å². The summed E-state index contributed by atoms with van der Waals surface area (Å²) in [7, 11) is 0. The minimum Gasteiger partial charge on any atom is -0.399 e. The van der Waals surface area contributed by atoms with Crippen LogP contribution in [-0.4, -0.2) is 5.91 Å². The van der Waals surface area contributed by atoms with Crippen LogP contribution in [0.25, 0.3) is 0 Å². The van der Waals surface area contributed by atoms with Crippen LogP contribution in [0.2, 0.25) is 5.02 Å². The Hall–Kier alpha value is -2.07. The average Bonchev–Trinajstić information content (AvgIpc) is 2.36. The lowest BCUT2D eigenvalue weighted by molar-refractivity contribution is 0.102. The van der Waals surface area contributed by atoms with Crippen LogP contribution in [0.4, 0.5) is 15.8 Å². The van der Waals surface area contributed by atoms with E-state index in [0.29, 0.717) is 16.4 Å². The number of nitrogens with two attached hydrogens (primary N) is 1. The molecule has 0 aromatic heterocycles. The molecule has 0 unspecified atom stereocenters. The molecule has 0 bridgehead atoms. The van der Waals surface area contributed by atoms with Crippen molar-refractivity contribution in [3.63, 3.8) is 0 Å². The fourth-order valence-corrected chi connectivity index (χ4v) is 1.80. The highest BCUT2D eigenvalue weighted by Crippen LogP contribution is 2.19. The molecular weight excluding hydrogens is 267 g/mol. The number of halogens is 2. The Balaban J connectivity index is 2.25. The van der Waals surface area contributed by atoms with Crippen molar-refractivity contribution in [1.82, 2.24) is 0 Å². The summed E-state index contributed by atoms with van der Waals surface area (Å²) >= 11 is 5.75. The number of nitrogens with one attached hydrogen (secondary N) is 1. The lowest BCUT2D eigenvalue weighted by atomic mass is 10.1. The van der Waals surface area contributed by atoms with E-state index < -0.39 is 11.7 Å². The predicted octanol–water partition coefficient (Wildman–Crippen LogP) is 3.62. The normalized spacial score (nSPS) is 10.3. The van der Waals surface area contributed by atoms with Crippen molar-refractivity contribution in [1.29, 1.82) is 0 Å². The zero-order valence-corrected chi connectivity index (χ0v) is 11.0. The zero-order valence-electron chi connectivity index (χ0n) is 10.2. The van der Waals surface area contributed by atoms with Crippen LogP contribution in [0, 0.1) is 12.7 Å². The maximum atomic E-state index is 13.5. The van der Waals surface area contributed by atoms with Crippen molar-refractivity contribution in [3.8, 4) is 0 Å². The Kier molecular flexibility index (Phi) is 3.71. The summed E-state index contributed by atoms with van der Waals surface area (Å²) in [4.78, 5) is 11.9. The molecular formula is C14H12ClFN2O. The Morgan fingerprint density at radius 2 is 2.00 bits per heavy atom. The van der Waals surface area contributed by atoms with E-state index in [1.807, 2.05) is 6.92 Å². The molecule has 0 heterocycles. The van der Waals surface area contributed by atoms with Gasteiger partial charge in [0.1, 0.15) is 5.82 Å². The molecule has 2 rings (SSSR count). The van der Waals surface area contributed by atoms with Gasteiger partial charge in [0.05, 0.1) is 5.56 Å². The van der Waals surface area contributed by atoms with Gasteiger partial charge < -0.3 is 11.1 Å². The number of anilines is 2. The number of carbonyl (C=O) groups is 1. The third kappa shape index (κ3) is 3.03. The minimum absolute atomic E-state index is 0.0954. The lowest BCUT2D eigenvalue weighted by Gasteiger charge is -2.08. The van der Waals surface area contributed by atoms with Crippen LogP contribution >= 0.6 is 11.6 Å². The van der Waals surface area contributed by atoms with E-state index in [1.54, 1.807) is 18.2 Å². The fourth-order valence-electron chi connectivity index (χ4n) is 1.62. The van der Waals surface area contributed by atoms with Crippen molar-refractivity contribution in [2.75, 3.05) is 11.1 Å². The first-order valence-electron chi connectivity index (χ1n) is 5.60. The van der Waals surface area contributed by atoms with Crippen LogP contribution in [0.3, 0.4) is 0 Å². The van der Waals surface area contributed by atoms with E-state index in [-0.39, 0.29) is 5.56 Å². The average molecular weight is 279 g/mol. The largest absolute Gasteiger partial charge is 0.399 e. The zero-order chi connectivity index (χ0) is 14.0. The molecule has 0 fully saturated rings. The molecule has 0 aliphatic rings. The Bertz CT molecular complexity index is 643. The number of hydrogen-bond acceptors (Lipinski definition) is 2. The summed E-state index contributed by atoms with van der Waals surface area (Å²) in [5.74, 6) is -1.17. The minimum atomic E-state index is -0.617. The third-order valence-corrected chi connectivity index (χ3v) is 2.94. The number of nitrogen functional groups attached to an aromatic ring is 1. The van der Waals surface area contributed by atoms with E-state index in [9.17, 15) is 9.18 Å². The van der Waals surface area contributed by atoms with E-state index in [0.717, 1.165) is 11.6 Å². The number of hydrogen-bond donors (Lipinski definition) is 2. The van der Waals surface area contributed by atoms with Gasteiger partial charge in [-0.05, 0) is 48.9 Å². The number of carbonyl (C=O) groups excluding carboxylic acids is 1. The summed E-state index contributed by atoms with van der Waals surface area (Å²) in [6, 6.07) is 8.89. The maximum absolute atomic E-state index is 13.5. The molecule has 0 spiro atoms. The lowest BCUT2D eigenvalue weighted by Crippen LogP contribution is -2.14. The van der Waals surface area contributed by atoms with Crippen molar-refractivity contribution >= 4 is 28.9 Å². The standard InChI is InChI=1S/C14H12ClFN2O/c1-8-6-10(3-5-13(8)17)18-14(19)11-7-9(15)2-4-12(11)16/h2-7H,17H2,1H3,(H,18,19). The topological polar surface area (TPSA) is 55.1 Å². The van der Waals surface area contributed by atoms with Gasteiger partial charge in [0.15, 0.2) is 0 Å². The van der Waals surface area contributed by atoms with E-state index in [2.05, 4.69) is 5.32 Å². The van der Waals surface area contributed by atoms with Crippen molar-refractivity contribution in [2.24, 2.45) is 0 Å². The van der Waals surface area contributed by atoms with E-state index in [4.69, 9.17) is 17.3 Å². The van der Waals surface area contributed by atoms with Crippen molar-refractivity contribution in [2.45, 2.75) is 6.92 Å². The van der Waals surface area contributed by atoms with Crippen LogP contribution in [0.5, 0.6) is 0 Å². The number of amides is 1. The first kappa shape index (κ1) is 13.4. The number of aryl methyl sites for hydroxylation is 1. The van der Waals surface area contributed by atoms with Gasteiger partial charge in [0, 0.05) is 16.4 Å². The second-order valence-corrected chi connectivity index (χ2v) is 4.59. The first-order valence-corrected chi connectivity index (χ1v) is 5.97. The highest BCUT2D eigenvalue weighted by molar-refractivity contribution is 6.31. The van der Waals surface area contributed by atoms with Crippen LogP contribution in [0.1, 0.15) is 15.9 Å². The molecule has 0 aliphatic heterocycles. The summed E-state index contributed by atoms with van der Waals surface area (Å²) in [6.07, 6.45) is 0. The highest BCUT2D eigenvalue weighted by atomic mass is 35.5. The molecule has 19 heavy (non-hydrogen) atoms. The molecule has 2 aromatic rings. The second kappa shape index (κ2) is 5.28. The van der Waals surface area contributed by atoms with Gasteiger partial charge in [-0.25, -0.2) is 4.39 Å². The van der Waals surface area contributed by atoms with Gasteiger partial charge in [0.2, 0.25) is 0 Å². The monoisotopic (exact) mass is 278 g/mol. The van der Waals surface area contributed by atoms with Gasteiger partial charge >= 0.3 is 0 Å². The summed E-state index contributed by atoms with van der Waals surface area (Å²) < 4.78 is 13.5. The van der Waals surface area contributed by atoms with Gasteiger partial charge in [-0.15, -0.1) is 0 Å². The third-order valence-electron chi connectivity index (χ3n) is 2.70. The Morgan fingerprint density at radius 3 is 2.68 bits per heavy atom. The molecule has 98 valence electrons. The SMILES string of the molecule is Cc1cc(NC(=O)c2cc(Cl)ccc2F)ccc1N. The highest BCUT2D eigenvalue weighted by Gasteiger charge is 2.12. The Labute approximate surface area is 115 Å². The van der Waals surface area contributed by atoms with E-state index >= 15 is 0 Å². The molecule has 0 saturated carbocycles. The number of rotatable bonds is 2. The predicted molar refractivity (Wildman–Crippen MR) is 75.0 cm³/mol. The summed E-state index contributed by atoms with van der Waals surface area (Å²) in [5, 5.41) is 2.91. The maximum Gasteiger partial charge on any atom is 0.258 e. The van der Waals surface area contributed by atoms with Crippen molar-refractivity contribution < 1.29 is 9.18 Å². The summed E-state index contributed by atoms with van der Waals surface area (Å²) in [6.45, 7) is 1.82. The molecule has 1 amide bonds. The number of benzene rings is 2. The smallest absolute Gasteiger partial charge is 0.258 e. The molecule has 0 saturated heterocycles. The summed E-state index contributed by atoms with van der Waals surface area (Å²) in [5.41, 5.74) is 7.61. The van der Waals surface area contributed by atoms with E-state index in [1.165, 1.54) is 12.1 Å². The molecule has 2 aromatic carbocycles. The van der Waals surface area contributed by atoms with Gasteiger partial charge in [0.25, 0.3) is 5.91 Å². The molecule has 3 N–H and O–H groups in total. The quantitative estimate of drug-likeness (QED) is 0.824. The Morgan fingerprint density at radius 1 is 1.26 bits per heavy atom. The van der Waals surface area contributed by atoms with Crippen LogP contribution in [-0.2, 0) is 0 Å². The molecule has 0 aliphatic carbocycles. The van der Waals surface area contributed by atoms with Crippen LogP contribution in [0.15, 0.2) is 36.4 Å². The first-order chi connectivity index (χ1) is 8.97. The molecule has 0 atom stereocenters. The molecule has 3 nitrogen and oxygen atoms in total. The van der Waals surface area contributed by atoms with Crippen LogP contribution < -0.4 is 11.1 Å². The van der Waals surface area contributed by atoms with Gasteiger partial charge in [-0.1, -0.05) is 11.6 Å². The second-order valence-electron chi connectivity index (χ2n) is 4.15. The fraction of sp³-hybridized carbons (Fsp3) is 0.0714. The van der Waals surface area contributed by atoms with Gasteiger partial charge in [-0.2, -0.15) is 0 Å². The molecule has 0 radical (unpaired) electrons. The molecule has 5 heteroatoms. The van der Waals surface area contributed by atoms with Gasteiger partial charge in [-0.3, -0.25) is 4.79 Å².